The zero-order valence-corrected chi connectivity index (χ0v) is 16.6. The van der Waals surface area contributed by atoms with Gasteiger partial charge in [-0.3, -0.25) is 0 Å². The number of hydrogen-bond acceptors (Lipinski definition) is 6. The third-order valence-electron chi connectivity index (χ3n) is 5.04. The number of piperidine rings is 1. The molecule has 152 valence electrons. The zero-order chi connectivity index (χ0) is 20.4. The fourth-order valence-electron chi connectivity index (χ4n) is 3.36. The minimum Gasteiger partial charge on any atom is -0.497 e. The number of ether oxygens (including phenoxy) is 1. The summed E-state index contributed by atoms with van der Waals surface area (Å²) in [7, 11) is -2.04. The largest absolute Gasteiger partial charge is 0.497 e. The average Bonchev–Trinajstić information content (AvgIpc) is 3.24. The highest BCUT2D eigenvalue weighted by Crippen LogP contribution is 2.31. The lowest BCUT2D eigenvalue weighted by molar-refractivity contribution is 0.271. The lowest BCUT2D eigenvalue weighted by atomic mass is 9.98. The first kappa shape index (κ1) is 19.5. The summed E-state index contributed by atoms with van der Waals surface area (Å²) >= 11 is 0. The van der Waals surface area contributed by atoms with Crippen LogP contribution in [-0.2, 0) is 10.0 Å². The third-order valence-corrected chi connectivity index (χ3v) is 6.96. The molecule has 2 aromatic carbocycles. The zero-order valence-electron chi connectivity index (χ0n) is 15.8. The fourth-order valence-corrected chi connectivity index (χ4v) is 4.83. The first-order valence-corrected chi connectivity index (χ1v) is 10.6. The number of rotatable bonds is 5. The molecule has 29 heavy (non-hydrogen) atoms. The second-order valence-corrected chi connectivity index (χ2v) is 8.75. The van der Waals surface area contributed by atoms with Gasteiger partial charge in [0.15, 0.2) is 0 Å². The summed E-state index contributed by atoms with van der Waals surface area (Å²) in [6.07, 6.45) is 1.15. The van der Waals surface area contributed by atoms with E-state index in [4.69, 9.17) is 9.26 Å². The van der Waals surface area contributed by atoms with E-state index in [2.05, 4.69) is 10.1 Å². The highest BCUT2D eigenvalue weighted by atomic mass is 32.2. The number of methoxy groups -OCH3 is 1. The van der Waals surface area contributed by atoms with Crippen LogP contribution in [0.15, 0.2) is 57.9 Å². The molecular formula is C20H20FN3O4S. The van der Waals surface area contributed by atoms with Crippen LogP contribution in [0.5, 0.6) is 5.75 Å². The molecule has 3 aromatic rings. The van der Waals surface area contributed by atoms with Gasteiger partial charge in [0.25, 0.3) is 0 Å². The Balaban J connectivity index is 1.43. The van der Waals surface area contributed by atoms with Crippen molar-refractivity contribution in [1.29, 1.82) is 0 Å². The molecule has 0 spiro atoms. The summed E-state index contributed by atoms with van der Waals surface area (Å²) in [6, 6.07) is 12.2. The van der Waals surface area contributed by atoms with Crippen molar-refractivity contribution in [2.24, 2.45) is 0 Å². The first-order valence-electron chi connectivity index (χ1n) is 9.21. The van der Waals surface area contributed by atoms with Crippen LogP contribution in [0.4, 0.5) is 4.39 Å². The number of aromatic nitrogens is 2. The Kier molecular flexibility index (Phi) is 5.33. The molecule has 0 unspecified atom stereocenters. The van der Waals surface area contributed by atoms with Crippen molar-refractivity contribution in [3.63, 3.8) is 0 Å². The molecule has 1 fully saturated rings. The Morgan fingerprint density at radius 3 is 2.34 bits per heavy atom. The molecule has 1 aliphatic heterocycles. The minimum absolute atomic E-state index is 0.00540. The molecule has 0 bridgehead atoms. The van der Waals surface area contributed by atoms with E-state index in [-0.39, 0.29) is 10.8 Å². The lowest BCUT2D eigenvalue weighted by Gasteiger charge is -2.29. The van der Waals surface area contributed by atoms with Crippen molar-refractivity contribution < 1.29 is 22.1 Å². The molecule has 0 radical (unpaired) electrons. The van der Waals surface area contributed by atoms with E-state index in [0.29, 0.717) is 37.6 Å². The monoisotopic (exact) mass is 417 g/mol. The van der Waals surface area contributed by atoms with Gasteiger partial charge in [-0.05, 0) is 61.4 Å². The molecule has 7 nitrogen and oxygen atoms in total. The molecular weight excluding hydrogens is 397 g/mol. The van der Waals surface area contributed by atoms with Crippen molar-refractivity contribution >= 4 is 10.0 Å². The van der Waals surface area contributed by atoms with Crippen molar-refractivity contribution in [2.45, 2.75) is 23.7 Å². The number of halogens is 1. The van der Waals surface area contributed by atoms with Crippen LogP contribution in [-0.4, -0.2) is 43.1 Å². The van der Waals surface area contributed by atoms with Gasteiger partial charge < -0.3 is 9.26 Å². The molecule has 1 saturated heterocycles. The quantitative estimate of drug-likeness (QED) is 0.632. The molecule has 1 aliphatic rings. The topological polar surface area (TPSA) is 85.5 Å². The normalized spacial score (nSPS) is 16.1. The molecule has 0 N–H and O–H groups in total. The van der Waals surface area contributed by atoms with E-state index < -0.39 is 15.8 Å². The predicted molar refractivity (Wildman–Crippen MR) is 103 cm³/mol. The van der Waals surface area contributed by atoms with Crippen LogP contribution in [0.3, 0.4) is 0 Å². The summed E-state index contributed by atoms with van der Waals surface area (Å²) in [5.74, 6) is 1.27. The van der Waals surface area contributed by atoms with Crippen molar-refractivity contribution in [3.8, 4) is 17.1 Å². The van der Waals surface area contributed by atoms with Gasteiger partial charge in [0.05, 0.1) is 12.0 Å². The Labute approximate surface area is 168 Å². The highest BCUT2D eigenvalue weighted by Gasteiger charge is 2.32. The van der Waals surface area contributed by atoms with Gasteiger partial charge in [0.1, 0.15) is 11.6 Å². The van der Waals surface area contributed by atoms with Crippen LogP contribution < -0.4 is 4.74 Å². The number of benzene rings is 2. The summed E-state index contributed by atoms with van der Waals surface area (Å²) in [5.41, 5.74) is 0.817. The summed E-state index contributed by atoms with van der Waals surface area (Å²) in [4.78, 5) is 4.58. The summed E-state index contributed by atoms with van der Waals surface area (Å²) in [6.45, 7) is 0.676. The fraction of sp³-hybridized carbons (Fsp3) is 0.300. The van der Waals surface area contributed by atoms with Gasteiger partial charge in [-0.25, -0.2) is 12.8 Å². The standard InChI is InChI=1S/C20H20FN3O4S/c1-27-17-6-2-14(3-7-17)19-22-20(28-23-19)15-10-12-24(13-11-15)29(25,26)18-8-4-16(21)5-9-18/h2-9,15H,10-13H2,1H3. The SMILES string of the molecule is COc1ccc(-c2noc(C3CCN(S(=O)(=O)c4ccc(F)cc4)CC3)n2)cc1. The summed E-state index contributed by atoms with van der Waals surface area (Å²) < 4.78 is 50.5. The maximum atomic E-state index is 13.1. The Hall–Kier alpha value is -2.78. The van der Waals surface area contributed by atoms with Gasteiger partial charge in [0, 0.05) is 24.6 Å². The van der Waals surface area contributed by atoms with E-state index in [0.717, 1.165) is 23.4 Å². The molecule has 0 aliphatic carbocycles. The Bertz CT molecular complexity index is 1070. The Morgan fingerprint density at radius 1 is 1.07 bits per heavy atom. The van der Waals surface area contributed by atoms with Crippen molar-refractivity contribution in [2.75, 3.05) is 20.2 Å². The maximum Gasteiger partial charge on any atom is 0.243 e. The molecule has 0 atom stereocenters. The van der Waals surface area contributed by atoms with Crippen LogP contribution in [0.2, 0.25) is 0 Å². The van der Waals surface area contributed by atoms with Crippen LogP contribution >= 0.6 is 0 Å². The minimum atomic E-state index is -3.64. The molecule has 1 aromatic heterocycles. The molecule has 9 heteroatoms. The van der Waals surface area contributed by atoms with Crippen molar-refractivity contribution in [3.05, 3.63) is 60.2 Å². The number of sulfonamides is 1. The van der Waals surface area contributed by atoms with E-state index in [9.17, 15) is 12.8 Å². The predicted octanol–water partition coefficient (Wildman–Crippen LogP) is 3.45. The second-order valence-electron chi connectivity index (χ2n) is 6.82. The molecule has 4 rings (SSSR count). The highest BCUT2D eigenvalue weighted by molar-refractivity contribution is 7.89. The van der Waals surface area contributed by atoms with E-state index in [1.54, 1.807) is 7.11 Å². The van der Waals surface area contributed by atoms with Gasteiger partial charge in [0.2, 0.25) is 21.7 Å². The Morgan fingerprint density at radius 2 is 1.72 bits per heavy atom. The average molecular weight is 417 g/mol. The lowest BCUT2D eigenvalue weighted by Crippen LogP contribution is -2.37. The smallest absolute Gasteiger partial charge is 0.243 e. The van der Waals surface area contributed by atoms with Gasteiger partial charge in [-0.1, -0.05) is 5.16 Å². The van der Waals surface area contributed by atoms with Gasteiger partial charge in [-0.15, -0.1) is 0 Å². The van der Waals surface area contributed by atoms with Crippen LogP contribution in [0.25, 0.3) is 11.4 Å². The number of nitrogens with zero attached hydrogens (tertiary/aromatic N) is 3. The third kappa shape index (κ3) is 4.01. The van der Waals surface area contributed by atoms with E-state index in [1.165, 1.54) is 16.4 Å². The molecule has 0 amide bonds. The van der Waals surface area contributed by atoms with Gasteiger partial charge >= 0.3 is 0 Å². The van der Waals surface area contributed by atoms with Crippen LogP contribution in [0, 0.1) is 5.82 Å². The first-order chi connectivity index (χ1) is 14.0. The van der Waals surface area contributed by atoms with Crippen molar-refractivity contribution in [1.82, 2.24) is 14.4 Å². The van der Waals surface area contributed by atoms with Gasteiger partial charge in [-0.2, -0.15) is 9.29 Å². The second kappa shape index (κ2) is 7.92. The number of hydrogen-bond donors (Lipinski definition) is 0. The molecule has 0 saturated carbocycles. The van der Waals surface area contributed by atoms with E-state index in [1.807, 2.05) is 24.3 Å². The van der Waals surface area contributed by atoms with E-state index >= 15 is 0 Å². The maximum absolute atomic E-state index is 13.1. The molecule has 2 heterocycles. The summed E-state index contributed by atoms with van der Waals surface area (Å²) in [5, 5.41) is 4.05. The van der Waals surface area contributed by atoms with Crippen LogP contribution in [0.1, 0.15) is 24.7 Å².